The van der Waals surface area contributed by atoms with E-state index in [0.717, 1.165) is 50.0 Å². The van der Waals surface area contributed by atoms with Crippen molar-refractivity contribution in [3.05, 3.63) is 46.5 Å². The Morgan fingerprint density at radius 1 is 1.35 bits per heavy atom. The van der Waals surface area contributed by atoms with Crippen LogP contribution in [0.15, 0.2) is 39.5 Å². The summed E-state index contributed by atoms with van der Waals surface area (Å²) in [7, 11) is 0. The lowest BCUT2D eigenvalue weighted by atomic mass is 10.1. The van der Waals surface area contributed by atoms with Gasteiger partial charge in [0.25, 0.3) is 0 Å². The molecule has 2 aromatic rings. The van der Waals surface area contributed by atoms with Crippen LogP contribution in [0.25, 0.3) is 10.8 Å². The number of aliphatic hydroxyl groups excluding tert-OH is 1. The van der Waals surface area contributed by atoms with Gasteiger partial charge >= 0.3 is 5.63 Å². The van der Waals surface area contributed by atoms with Gasteiger partial charge in [0.2, 0.25) is 0 Å². The molecule has 106 valence electrons. The Bertz CT molecular complexity index is 649. The van der Waals surface area contributed by atoms with Gasteiger partial charge in [-0.1, -0.05) is 18.2 Å². The van der Waals surface area contributed by atoms with E-state index >= 15 is 0 Å². The third kappa shape index (κ3) is 2.92. The molecule has 20 heavy (non-hydrogen) atoms. The molecule has 1 aliphatic rings. The molecular weight excluding hydrogens is 254 g/mol. The lowest BCUT2D eigenvalue weighted by molar-refractivity contribution is 0.176. The van der Waals surface area contributed by atoms with Crippen LogP contribution in [0.3, 0.4) is 0 Å². The quantitative estimate of drug-likeness (QED) is 0.923. The normalized spacial score (nSPS) is 19.8. The summed E-state index contributed by atoms with van der Waals surface area (Å²) in [4.78, 5) is 14.1. The van der Waals surface area contributed by atoms with Crippen molar-refractivity contribution in [1.29, 1.82) is 0 Å². The molecule has 4 nitrogen and oxygen atoms in total. The molecule has 0 aliphatic carbocycles. The number of hydrogen-bond acceptors (Lipinski definition) is 4. The summed E-state index contributed by atoms with van der Waals surface area (Å²) in [5, 5.41) is 11.0. The molecule has 0 bridgehead atoms. The molecule has 0 unspecified atom stereocenters. The summed E-state index contributed by atoms with van der Waals surface area (Å²) < 4.78 is 5.35. The molecule has 4 heteroatoms. The van der Waals surface area contributed by atoms with Crippen molar-refractivity contribution in [2.75, 3.05) is 19.6 Å². The van der Waals surface area contributed by atoms with Crippen LogP contribution in [0, 0.1) is 0 Å². The molecule has 0 saturated carbocycles. The van der Waals surface area contributed by atoms with Gasteiger partial charge in [0.15, 0.2) is 0 Å². The summed E-state index contributed by atoms with van der Waals surface area (Å²) in [6.45, 7) is 2.66. The fourth-order valence-corrected chi connectivity index (χ4v) is 2.80. The van der Waals surface area contributed by atoms with E-state index < -0.39 is 0 Å². The van der Waals surface area contributed by atoms with Crippen molar-refractivity contribution in [3.8, 4) is 0 Å². The third-order valence-corrected chi connectivity index (χ3v) is 3.87. The van der Waals surface area contributed by atoms with Gasteiger partial charge < -0.3 is 14.4 Å². The molecule has 0 amide bonds. The highest BCUT2D eigenvalue weighted by Crippen LogP contribution is 2.14. The lowest BCUT2D eigenvalue weighted by Crippen LogP contribution is -2.23. The van der Waals surface area contributed by atoms with Gasteiger partial charge in [0.05, 0.1) is 11.5 Å². The molecular formula is C16H19NO3. The second-order valence-corrected chi connectivity index (χ2v) is 5.43. The molecule has 3 rings (SSSR count). The maximum absolute atomic E-state index is 11.9. The fraction of sp³-hybridized carbons (Fsp3) is 0.438. The highest BCUT2D eigenvalue weighted by Gasteiger charge is 2.19. The van der Waals surface area contributed by atoms with Gasteiger partial charge in [-0.2, -0.15) is 0 Å². The molecule has 1 aliphatic heterocycles. The van der Waals surface area contributed by atoms with Crippen LogP contribution < -0.4 is 5.63 Å². The van der Waals surface area contributed by atoms with Crippen LogP contribution in [0.2, 0.25) is 0 Å². The average Bonchev–Trinajstić information content (AvgIpc) is 2.85. The topological polar surface area (TPSA) is 53.7 Å². The first-order valence-corrected chi connectivity index (χ1v) is 7.14. The minimum Gasteiger partial charge on any atom is -0.427 e. The van der Waals surface area contributed by atoms with Crippen molar-refractivity contribution >= 4 is 10.8 Å². The summed E-state index contributed by atoms with van der Waals surface area (Å²) in [5.41, 5.74) is -0.255. The molecule has 2 heterocycles. The molecule has 0 radical (unpaired) electrons. The van der Waals surface area contributed by atoms with E-state index in [1.807, 2.05) is 24.3 Å². The highest BCUT2D eigenvalue weighted by molar-refractivity contribution is 5.81. The number of likely N-dealkylation sites (tertiary alicyclic amines) is 1. The third-order valence-electron chi connectivity index (χ3n) is 3.87. The van der Waals surface area contributed by atoms with E-state index in [0.29, 0.717) is 5.39 Å². The van der Waals surface area contributed by atoms with Gasteiger partial charge in [-0.05, 0) is 36.9 Å². The Morgan fingerprint density at radius 3 is 3.00 bits per heavy atom. The maximum atomic E-state index is 11.9. The van der Waals surface area contributed by atoms with Crippen LogP contribution in [-0.2, 0) is 6.42 Å². The highest BCUT2D eigenvalue weighted by atomic mass is 16.4. The predicted octanol–water partition coefficient (Wildman–Crippen LogP) is 1.79. The molecule has 1 atom stereocenters. The van der Waals surface area contributed by atoms with Crippen molar-refractivity contribution in [2.45, 2.75) is 25.4 Å². The largest absolute Gasteiger partial charge is 0.427 e. The second kappa shape index (κ2) is 5.77. The average molecular weight is 273 g/mol. The van der Waals surface area contributed by atoms with Crippen LogP contribution in [0.5, 0.6) is 0 Å². The first-order valence-electron chi connectivity index (χ1n) is 7.14. The van der Waals surface area contributed by atoms with Crippen LogP contribution in [0.4, 0.5) is 0 Å². The molecule has 1 aromatic carbocycles. The fourth-order valence-electron chi connectivity index (χ4n) is 2.80. The van der Waals surface area contributed by atoms with Crippen LogP contribution in [0.1, 0.15) is 18.6 Å². The monoisotopic (exact) mass is 273 g/mol. The van der Waals surface area contributed by atoms with Crippen LogP contribution >= 0.6 is 0 Å². The Morgan fingerprint density at radius 2 is 2.20 bits per heavy atom. The minimum atomic E-state index is -0.255. The van der Waals surface area contributed by atoms with Crippen molar-refractivity contribution < 1.29 is 9.52 Å². The number of nitrogens with zero attached hydrogens (tertiary/aromatic N) is 1. The van der Waals surface area contributed by atoms with Gasteiger partial charge in [0.1, 0.15) is 5.76 Å². The summed E-state index contributed by atoms with van der Waals surface area (Å²) in [6.07, 6.45) is 2.39. The zero-order valence-corrected chi connectivity index (χ0v) is 11.4. The Hall–Kier alpha value is -1.65. The first-order chi connectivity index (χ1) is 9.72. The molecule has 0 spiro atoms. The van der Waals surface area contributed by atoms with Crippen LogP contribution in [-0.4, -0.2) is 35.7 Å². The van der Waals surface area contributed by atoms with Gasteiger partial charge in [-0.25, -0.2) is 4.79 Å². The molecule has 1 fully saturated rings. The van der Waals surface area contributed by atoms with Gasteiger partial charge in [-0.3, -0.25) is 0 Å². The first kappa shape index (κ1) is 13.3. The zero-order chi connectivity index (χ0) is 13.9. The number of aliphatic hydroxyl groups is 1. The summed E-state index contributed by atoms with van der Waals surface area (Å²) in [6, 6.07) is 9.45. The van der Waals surface area contributed by atoms with Crippen molar-refractivity contribution in [1.82, 2.24) is 4.90 Å². The van der Waals surface area contributed by atoms with E-state index in [4.69, 9.17) is 4.42 Å². The second-order valence-electron chi connectivity index (χ2n) is 5.43. The van der Waals surface area contributed by atoms with E-state index in [9.17, 15) is 9.90 Å². The number of benzene rings is 1. The summed E-state index contributed by atoms with van der Waals surface area (Å²) in [5.74, 6) is 0.744. The number of hydrogen-bond donors (Lipinski definition) is 1. The van der Waals surface area contributed by atoms with Gasteiger partial charge in [-0.15, -0.1) is 0 Å². The van der Waals surface area contributed by atoms with Crippen molar-refractivity contribution in [2.24, 2.45) is 0 Å². The van der Waals surface area contributed by atoms with E-state index in [1.54, 1.807) is 6.07 Å². The number of rotatable bonds is 4. The standard InChI is InChI=1S/C16H19NO3/c18-13-7-9-17(11-13)8-3-5-14-10-12-4-1-2-6-15(12)16(19)20-14/h1-2,4,6,10,13,18H,3,5,7-9,11H2/t13-/m1/s1. The molecule has 1 N–H and O–H groups in total. The summed E-state index contributed by atoms with van der Waals surface area (Å²) >= 11 is 0. The predicted molar refractivity (Wildman–Crippen MR) is 77.9 cm³/mol. The van der Waals surface area contributed by atoms with E-state index in [2.05, 4.69) is 4.90 Å². The Balaban J connectivity index is 1.64. The lowest BCUT2D eigenvalue weighted by Gasteiger charge is -2.14. The Labute approximate surface area is 117 Å². The SMILES string of the molecule is O=c1oc(CCCN2CC[C@@H](O)C2)cc2ccccc12. The van der Waals surface area contributed by atoms with E-state index in [-0.39, 0.29) is 11.7 Å². The molecule has 1 saturated heterocycles. The maximum Gasteiger partial charge on any atom is 0.343 e. The molecule has 1 aromatic heterocycles. The number of aryl methyl sites for hydroxylation is 1. The van der Waals surface area contributed by atoms with Gasteiger partial charge in [0, 0.05) is 19.5 Å². The smallest absolute Gasteiger partial charge is 0.343 e. The van der Waals surface area contributed by atoms with E-state index in [1.165, 1.54) is 0 Å². The number of fused-ring (bicyclic) bond motifs is 1. The van der Waals surface area contributed by atoms with Crippen molar-refractivity contribution in [3.63, 3.8) is 0 Å². The Kier molecular flexibility index (Phi) is 3.85. The zero-order valence-electron chi connectivity index (χ0n) is 11.4. The minimum absolute atomic E-state index is 0.173. The number of β-amino-alcohol motifs (C(OH)–C–C–N with tert-alkyl or cyclic N) is 1.